The van der Waals surface area contributed by atoms with E-state index in [0.717, 1.165) is 0 Å². The van der Waals surface area contributed by atoms with Gasteiger partial charge < -0.3 is 9.47 Å². The lowest BCUT2D eigenvalue weighted by atomic mass is 10.1. The van der Waals surface area contributed by atoms with Crippen molar-refractivity contribution in [1.82, 2.24) is 5.32 Å². The van der Waals surface area contributed by atoms with Crippen molar-refractivity contribution in [2.24, 2.45) is 0 Å². The molecule has 1 aliphatic heterocycles. The van der Waals surface area contributed by atoms with Crippen LogP contribution in [0.25, 0.3) is 0 Å². The Balaban J connectivity index is 2.85. The quantitative estimate of drug-likeness (QED) is 0.437. The van der Waals surface area contributed by atoms with Crippen LogP contribution in [0.15, 0.2) is 0 Å². The second kappa shape index (κ2) is 4.47. The number of carbonyl (C=O) groups excluding carboxylic acids is 2. The number of nitrogens with one attached hydrogen (secondary N) is 1. The van der Waals surface area contributed by atoms with E-state index >= 15 is 0 Å². The van der Waals surface area contributed by atoms with Crippen molar-refractivity contribution in [3.05, 3.63) is 0 Å². The van der Waals surface area contributed by atoms with E-state index in [2.05, 4.69) is 10.1 Å². The molecular formula is C10H16FNO4. The van der Waals surface area contributed by atoms with E-state index in [1.807, 2.05) is 0 Å². The fraction of sp³-hybridized carbons (Fsp3) is 0.800. The Kier molecular flexibility index (Phi) is 3.64. The zero-order valence-corrected chi connectivity index (χ0v) is 9.58. The molecule has 0 aromatic heterocycles. The van der Waals surface area contributed by atoms with Crippen LogP contribution in [0.3, 0.4) is 0 Å². The van der Waals surface area contributed by atoms with Gasteiger partial charge in [0, 0.05) is 13.0 Å². The summed E-state index contributed by atoms with van der Waals surface area (Å²) in [5.41, 5.74) is -2.21. The molecule has 92 valence electrons. The third-order valence-corrected chi connectivity index (χ3v) is 2.08. The summed E-state index contributed by atoms with van der Waals surface area (Å²) < 4.78 is 22.9. The zero-order valence-electron chi connectivity index (χ0n) is 9.58. The first-order valence-corrected chi connectivity index (χ1v) is 5.03. The van der Waals surface area contributed by atoms with Crippen LogP contribution < -0.4 is 5.32 Å². The van der Waals surface area contributed by atoms with Gasteiger partial charge >= 0.3 is 12.4 Å². The molecule has 1 fully saturated rings. The van der Waals surface area contributed by atoms with E-state index in [9.17, 15) is 14.0 Å². The van der Waals surface area contributed by atoms with Gasteiger partial charge in [-0.05, 0) is 20.8 Å². The van der Waals surface area contributed by atoms with Crippen molar-refractivity contribution >= 4 is 12.4 Å². The maximum Gasteiger partial charge on any atom is 0.361 e. The van der Waals surface area contributed by atoms with E-state index in [1.54, 1.807) is 20.8 Å². The standard InChI is InChI=1S/C10H16FNO4/c1-9(2,3)16-10(8(14)15-6-13)4-7(11)5-12-10/h6-7,12H,4-5H2,1-3H3/t7?,10-/m1/s1. The number of esters is 1. The number of hydrogen-bond donors (Lipinski definition) is 1. The summed E-state index contributed by atoms with van der Waals surface area (Å²) in [4.78, 5) is 21.7. The third-order valence-electron chi connectivity index (χ3n) is 2.08. The van der Waals surface area contributed by atoms with Crippen LogP contribution in [0.5, 0.6) is 0 Å². The van der Waals surface area contributed by atoms with Gasteiger partial charge in [0.05, 0.1) is 5.60 Å². The number of hydrogen-bond acceptors (Lipinski definition) is 5. The molecule has 2 atom stereocenters. The molecule has 1 N–H and O–H groups in total. The number of ether oxygens (including phenoxy) is 2. The van der Waals surface area contributed by atoms with Gasteiger partial charge in [0.25, 0.3) is 0 Å². The van der Waals surface area contributed by atoms with Gasteiger partial charge in [-0.3, -0.25) is 10.1 Å². The molecule has 0 spiro atoms. The summed E-state index contributed by atoms with van der Waals surface area (Å²) in [5, 5.41) is 2.63. The number of rotatable bonds is 3. The highest BCUT2D eigenvalue weighted by atomic mass is 19.1. The molecule has 0 aromatic rings. The van der Waals surface area contributed by atoms with Crippen molar-refractivity contribution in [3.8, 4) is 0 Å². The summed E-state index contributed by atoms with van der Waals surface area (Å²) in [5.74, 6) is -0.905. The normalized spacial score (nSPS) is 30.1. The monoisotopic (exact) mass is 233 g/mol. The minimum Gasteiger partial charge on any atom is -0.392 e. The van der Waals surface area contributed by atoms with Gasteiger partial charge in [-0.2, -0.15) is 0 Å². The summed E-state index contributed by atoms with van der Waals surface area (Å²) in [6.07, 6.45) is -1.35. The molecule has 0 aromatic carbocycles. The molecule has 1 heterocycles. The molecule has 16 heavy (non-hydrogen) atoms. The van der Waals surface area contributed by atoms with Gasteiger partial charge in [-0.1, -0.05) is 0 Å². The average Bonchev–Trinajstić information content (AvgIpc) is 2.46. The van der Waals surface area contributed by atoms with Crippen molar-refractivity contribution < 1.29 is 23.5 Å². The Morgan fingerprint density at radius 1 is 1.56 bits per heavy atom. The van der Waals surface area contributed by atoms with E-state index in [0.29, 0.717) is 0 Å². The minimum absolute atomic E-state index is 0.00401. The van der Waals surface area contributed by atoms with Crippen LogP contribution in [0, 0.1) is 0 Å². The zero-order chi connectivity index (χ0) is 12.4. The number of halogens is 1. The highest BCUT2D eigenvalue weighted by Gasteiger charge is 2.50. The lowest BCUT2D eigenvalue weighted by Gasteiger charge is -2.33. The highest BCUT2D eigenvalue weighted by Crippen LogP contribution is 2.29. The predicted octanol–water partition coefficient (Wildman–Crippen LogP) is 0.529. The van der Waals surface area contributed by atoms with Crippen LogP contribution in [0.2, 0.25) is 0 Å². The first-order chi connectivity index (χ1) is 7.29. The van der Waals surface area contributed by atoms with Gasteiger partial charge in [0.15, 0.2) is 0 Å². The fourth-order valence-electron chi connectivity index (χ4n) is 1.67. The first-order valence-electron chi connectivity index (χ1n) is 5.03. The molecule has 5 nitrogen and oxygen atoms in total. The molecule has 0 bridgehead atoms. The van der Waals surface area contributed by atoms with Gasteiger partial charge in [-0.25, -0.2) is 9.18 Å². The van der Waals surface area contributed by atoms with Crippen molar-refractivity contribution in [2.75, 3.05) is 6.54 Å². The second-order valence-corrected chi connectivity index (χ2v) is 4.73. The Morgan fingerprint density at radius 2 is 2.19 bits per heavy atom. The SMILES string of the molecule is CC(C)(C)O[C@@]1(C(=O)OC=O)CC(F)CN1. The maximum absolute atomic E-state index is 13.2. The Labute approximate surface area is 93.3 Å². The molecule has 1 unspecified atom stereocenters. The first kappa shape index (κ1) is 13.1. The largest absolute Gasteiger partial charge is 0.392 e. The van der Waals surface area contributed by atoms with Crippen LogP contribution in [-0.4, -0.2) is 36.5 Å². The summed E-state index contributed by atoms with van der Waals surface area (Å²) in [6.45, 7) is 5.22. The maximum atomic E-state index is 13.2. The molecule has 0 amide bonds. The lowest BCUT2D eigenvalue weighted by molar-refractivity contribution is -0.194. The van der Waals surface area contributed by atoms with E-state index in [4.69, 9.17) is 4.74 Å². The summed E-state index contributed by atoms with van der Waals surface area (Å²) >= 11 is 0. The smallest absolute Gasteiger partial charge is 0.361 e. The molecule has 1 saturated heterocycles. The van der Waals surface area contributed by atoms with Crippen LogP contribution in [0.1, 0.15) is 27.2 Å². The van der Waals surface area contributed by atoms with Crippen molar-refractivity contribution in [3.63, 3.8) is 0 Å². The van der Waals surface area contributed by atoms with Crippen LogP contribution >= 0.6 is 0 Å². The number of alkyl halides is 1. The fourth-order valence-corrected chi connectivity index (χ4v) is 1.67. The lowest BCUT2D eigenvalue weighted by Crippen LogP contribution is -2.54. The van der Waals surface area contributed by atoms with E-state index in [1.165, 1.54) is 0 Å². The molecule has 1 aliphatic rings. The van der Waals surface area contributed by atoms with Gasteiger partial charge in [-0.15, -0.1) is 0 Å². The molecule has 0 saturated carbocycles. The van der Waals surface area contributed by atoms with E-state index < -0.39 is 23.5 Å². The highest BCUT2D eigenvalue weighted by molar-refractivity contribution is 5.84. The van der Waals surface area contributed by atoms with Gasteiger partial charge in [0.2, 0.25) is 5.72 Å². The minimum atomic E-state index is -1.56. The molecular weight excluding hydrogens is 217 g/mol. The Hall–Kier alpha value is -1.01. The van der Waals surface area contributed by atoms with Crippen molar-refractivity contribution in [2.45, 2.75) is 44.7 Å². The third kappa shape index (κ3) is 2.99. The predicted molar refractivity (Wildman–Crippen MR) is 53.2 cm³/mol. The molecule has 6 heteroatoms. The number of carbonyl (C=O) groups is 2. The van der Waals surface area contributed by atoms with Crippen LogP contribution in [0.4, 0.5) is 4.39 Å². The average molecular weight is 233 g/mol. The van der Waals surface area contributed by atoms with Gasteiger partial charge in [0.1, 0.15) is 6.17 Å². The summed E-state index contributed by atoms with van der Waals surface area (Å²) in [7, 11) is 0. The van der Waals surface area contributed by atoms with Crippen LogP contribution in [-0.2, 0) is 19.1 Å². The molecule has 0 radical (unpaired) electrons. The Morgan fingerprint density at radius 3 is 2.56 bits per heavy atom. The second-order valence-electron chi connectivity index (χ2n) is 4.73. The molecule has 1 rings (SSSR count). The van der Waals surface area contributed by atoms with E-state index in [-0.39, 0.29) is 19.4 Å². The topological polar surface area (TPSA) is 64.6 Å². The molecule has 0 aliphatic carbocycles. The van der Waals surface area contributed by atoms with Crippen molar-refractivity contribution in [1.29, 1.82) is 0 Å². The summed E-state index contributed by atoms with van der Waals surface area (Å²) in [6, 6.07) is 0. The Bertz CT molecular complexity index is 289.